The molecule has 1 aliphatic rings. The summed E-state index contributed by atoms with van der Waals surface area (Å²) in [5, 5.41) is 1.14. The van der Waals surface area contributed by atoms with Gasteiger partial charge in [0.15, 0.2) is 0 Å². The minimum absolute atomic E-state index is 0.141. The van der Waals surface area contributed by atoms with E-state index in [1.54, 1.807) is 11.3 Å². The number of aryl methyl sites for hydroxylation is 2. The van der Waals surface area contributed by atoms with Gasteiger partial charge in [0, 0.05) is 17.9 Å². The average molecular weight is 226 g/mol. The van der Waals surface area contributed by atoms with Crippen LogP contribution < -0.4 is 5.73 Å². The fourth-order valence-corrected chi connectivity index (χ4v) is 2.99. The smallest absolute Gasteiger partial charge is 0.0950 e. The molecule has 15 heavy (non-hydrogen) atoms. The minimum atomic E-state index is -0.212. The van der Waals surface area contributed by atoms with E-state index in [0.717, 1.165) is 30.2 Å². The van der Waals surface area contributed by atoms with Gasteiger partial charge in [0.2, 0.25) is 0 Å². The average Bonchev–Trinajstić information content (AvgIpc) is 2.60. The maximum absolute atomic E-state index is 6.34. The van der Waals surface area contributed by atoms with Gasteiger partial charge in [-0.05, 0) is 27.2 Å². The second kappa shape index (κ2) is 3.85. The Kier molecular flexibility index (Phi) is 2.83. The molecule has 0 bridgehead atoms. The van der Waals surface area contributed by atoms with Crippen LogP contribution in [0, 0.1) is 13.8 Å². The first-order valence-corrected chi connectivity index (χ1v) is 6.16. The molecule has 0 aliphatic carbocycles. The van der Waals surface area contributed by atoms with Crippen molar-refractivity contribution < 1.29 is 4.74 Å². The second-order valence-electron chi connectivity index (χ2n) is 4.42. The topological polar surface area (TPSA) is 48.1 Å². The van der Waals surface area contributed by atoms with Crippen LogP contribution in [0.2, 0.25) is 0 Å². The van der Waals surface area contributed by atoms with Gasteiger partial charge in [-0.2, -0.15) is 0 Å². The molecular weight excluding hydrogens is 208 g/mol. The third kappa shape index (κ3) is 2.07. The van der Waals surface area contributed by atoms with E-state index < -0.39 is 0 Å². The van der Waals surface area contributed by atoms with Crippen molar-refractivity contribution in [1.29, 1.82) is 0 Å². The quantitative estimate of drug-likeness (QED) is 0.836. The Morgan fingerprint density at radius 2 is 2.33 bits per heavy atom. The van der Waals surface area contributed by atoms with Crippen LogP contribution in [0.1, 0.15) is 28.9 Å². The summed E-state index contributed by atoms with van der Waals surface area (Å²) in [6, 6.07) is 0. The predicted octanol–water partition coefficient (Wildman–Crippen LogP) is 1.81. The summed E-state index contributed by atoms with van der Waals surface area (Å²) in [7, 11) is 0. The lowest BCUT2D eigenvalue weighted by atomic mass is 9.90. The predicted molar refractivity (Wildman–Crippen MR) is 62.2 cm³/mol. The summed E-state index contributed by atoms with van der Waals surface area (Å²) in [6.07, 6.45) is 1.92. The maximum Gasteiger partial charge on any atom is 0.0950 e. The van der Waals surface area contributed by atoms with Gasteiger partial charge in [0.1, 0.15) is 0 Å². The molecule has 2 rings (SSSR count). The summed E-state index contributed by atoms with van der Waals surface area (Å²) in [6.45, 7) is 6.99. The van der Waals surface area contributed by atoms with Crippen molar-refractivity contribution in [3.05, 3.63) is 15.6 Å². The second-order valence-corrected chi connectivity index (χ2v) is 5.71. The van der Waals surface area contributed by atoms with Gasteiger partial charge in [-0.25, -0.2) is 4.98 Å². The molecular formula is C11H18N2OS. The third-order valence-electron chi connectivity index (χ3n) is 3.30. The summed E-state index contributed by atoms with van der Waals surface area (Å²) in [4.78, 5) is 5.83. The fourth-order valence-electron chi connectivity index (χ4n) is 1.92. The maximum atomic E-state index is 6.34. The van der Waals surface area contributed by atoms with E-state index in [1.807, 2.05) is 6.92 Å². The zero-order valence-electron chi connectivity index (χ0n) is 9.54. The molecule has 0 spiro atoms. The molecule has 4 heteroatoms. The van der Waals surface area contributed by atoms with Gasteiger partial charge in [-0.15, -0.1) is 11.3 Å². The van der Waals surface area contributed by atoms with Gasteiger partial charge >= 0.3 is 0 Å². The van der Waals surface area contributed by atoms with E-state index >= 15 is 0 Å². The molecule has 0 amide bonds. The highest BCUT2D eigenvalue weighted by atomic mass is 32.1. The van der Waals surface area contributed by atoms with Crippen molar-refractivity contribution in [1.82, 2.24) is 4.98 Å². The normalized spacial score (nSPS) is 31.1. The van der Waals surface area contributed by atoms with Crippen molar-refractivity contribution in [2.75, 3.05) is 6.61 Å². The van der Waals surface area contributed by atoms with Gasteiger partial charge in [0.25, 0.3) is 0 Å². The monoisotopic (exact) mass is 226 g/mol. The van der Waals surface area contributed by atoms with Crippen LogP contribution in [-0.4, -0.2) is 23.2 Å². The first-order valence-electron chi connectivity index (χ1n) is 5.35. The number of hydrogen-bond acceptors (Lipinski definition) is 4. The summed E-state index contributed by atoms with van der Waals surface area (Å²) >= 11 is 1.76. The highest BCUT2D eigenvalue weighted by molar-refractivity contribution is 7.11. The standard InChI is InChI=1S/C11H18N2OS/c1-7-8(2)15-10(13-7)6-11(12)4-5-14-9(11)3/h9H,4-6,12H2,1-3H3. The van der Waals surface area contributed by atoms with E-state index in [4.69, 9.17) is 10.5 Å². The van der Waals surface area contributed by atoms with Gasteiger partial charge in [-0.1, -0.05) is 0 Å². The Bertz CT molecular complexity index is 344. The number of thiazole rings is 1. The van der Waals surface area contributed by atoms with Crippen LogP contribution >= 0.6 is 11.3 Å². The van der Waals surface area contributed by atoms with Crippen molar-refractivity contribution in [2.45, 2.75) is 45.3 Å². The molecule has 0 saturated carbocycles. The molecule has 2 N–H and O–H groups in total. The van der Waals surface area contributed by atoms with Gasteiger partial charge in [0.05, 0.1) is 22.3 Å². The number of rotatable bonds is 2. The van der Waals surface area contributed by atoms with E-state index in [0.29, 0.717) is 0 Å². The van der Waals surface area contributed by atoms with Crippen molar-refractivity contribution in [3.63, 3.8) is 0 Å². The van der Waals surface area contributed by atoms with Crippen molar-refractivity contribution in [3.8, 4) is 0 Å². The molecule has 1 aliphatic heterocycles. The van der Waals surface area contributed by atoms with Gasteiger partial charge in [-0.3, -0.25) is 0 Å². The molecule has 2 atom stereocenters. The lowest BCUT2D eigenvalue weighted by molar-refractivity contribution is 0.0955. The van der Waals surface area contributed by atoms with E-state index in [-0.39, 0.29) is 11.6 Å². The first-order chi connectivity index (χ1) is 7.01. The zero-order chi connectivity index (χ0) is 11.1. The van der Waals surface area contributed by atoms with Crippen molar-refractivity contribution in [2.24, 2.45) is 5.73 Å². The van der Waals surface area contributed by atoms with E-state index in [1.165, 1.54) is 4.88 Å². The molecule has 0 aromatic carbocycles. The Balaban J connectivity index is 2.14. The number of aromatic nitrogens is 1. The highest BCUT2D eigenvalue weighted by Gasteiger charge is 2.38. The Morgan fingerprint density at radius 1 is 1.60 bits per heavy atom. The zero-order valence-corrected chi connectivity index (χ0v) is 10.4. The Morgan fingerprint density at radius 3 is 2.80 bits per heavy atom. The molecule has 0 radical (unpaired) electrons. The largest absolute Gasteiger partial charge is 0.377 e. The number of hydrogen-bond donors (Lipinski definition) is 1. The first kappa shape index (κ1) is 11.0. The summed E-state index contributed by atoms with van der Waals surface area (Å²) < 4.78 is 5.53. The van der Waals surface area contributed by atoms with Crippen LogP contribution in [0.15, 0.2) is 0 Å². The molecule has 1 fully saturated rings. The molecule has 1 saturated heterocycles. The van der Waals surface area contributed by atoms with Crippen LogP contribution in [0.25, 0.3) is 0 Å². The lowest BCUT2D eigenvalue weighted by Gasteiger charge is -2.26. The molecule has 3 nitrogen and oxygen atoms in total. The molecule has 2 heterocycles. The minimum Gasteiger partial charge on any atom is -0.377 e. The van der Waals surface area contributed by atoms with Gasteiger partial charge < -0.3 is 10.5 Å². The van der Waals surface area contributed by atoms with Crippen molar-refractivity contribution >= 4 is 11.3 Å². The summed E-state index contributed by atoms with van der Waals surface area (Å²) in [5.74, 6) is 0. The molecule has 2 unspecified atom stereocenters. The number of nitrogens with zero attached hydrogens (tertiary/aromatic N) is 1. The number of ether oxygens (including phenoxy) is 1. The summed E-state index contributed by atoms with van der Waals surface area (Å²) in [5.41, 5.74) is 7.25. The molecule has 84 valence electrons. The van der Waals surface area contributed by atoms with E-state index in [2.05, 4.69) is 18.8 Å². The third-order valence-corrected chi connectivity index (χ3v) is 4.37. The molecule has 1 aromatic heterocycles. The fraction of sp³-hybridized carbons (Fsp3) is 0.727. The molecule has 1 aromatic rings. The lowest BCUT2D eigenvalue weighted by Crippen LogP contribution is -2.47. The SMILES string of the molecule is Cc1nc(CC2(N)CCOC2C)sc1C. The van der Waals surface area contributed by atoms with Crippen LogP contribution in [0.4, 0.5) is 0 Å². The Labute approximate surface area is 94.7 Å². The van der Waals surface area contributed by atoms with E-state index in [9.17, 15) is 0 Å². The highest BCUT2D eigenvalue weighted by Crippen LogP contribution is 2.29. The Hall–Kier alpha value is -0.450. The number of nitrogens with two attached hydrogens (primary N) is 1. The van der Waals surface area contributed by atoms with Crippen LogP contribution in [0.5, 0.6) is 0 Å². The van der Waals surface area contributed by atoms with Crippen LogP contribution in [-0.2, 0) is 11.2 Å². The van der Waals surface area contributed by atoms with Crippen LogP contribution in [0.3, 0.4) is 0 Å².